The molecule has 0 radical (unpaired) electrons. The minimum Gasteiger partial charge on any atom is -0.307 e. The molecule has 7 heteroatoms. The number of sulfonamides is 1. The molecule has 1 fully saturated rings. The Balaban J connectivity index is 1.89. The van der Waals surface area contributed by atoms with Crippen LogP contribution >= 0.6 is 0 Å². The Kier molecular flexibility index (Phi) is 5.29. The highest BCUT2D eigenvalue weighted by Gasteiger charge is 2.27. The van der Waals surface area contributed by atoms with Crippen LogP contribution in [0.3, 0.4) is 0 Å². The molecule has 21 heavy (non-hydrogen) atoms. The van der Waals surface area contributed by atoms with E-state index >= 15 is 0 Å². The molecule has 2 heterocycles. The lowest BCUT2D eigenvalue weighted by atomic mass is 10.0. The molecular weight excluding hydrogens is 293 g/mol. The summed E-state index contributed by atoms with van der Waals surface area (Å²) in [7, 11) is -3.08. The quantitative estimate of drug-likeness (QED) is 0.898. The van der Waals surface area contributed by atoms with Crippen molar-refractivity contribution in [3.05, 3.63) is 29.8 Å². The van der Waals surface area contributed by atoms with Crippen molar-refractivity contribution < 1.29 is 12.8 Å². The van der Waals surface area contributed by atoms with Crippen molar-refractivity contribution in [3.63, 3.8) is 0 Å². The maximum absolute atomic E-state index is 13.2. The van der Waals surface area contributed by atoms with Gasteiger partial charge in [-0.3, -0.25) is 4.98 Å². The third kappa shape index (κ3) is 4.21. The highest BCUT2D eigenvalue weighted by Crippen LogP contribution is 2.19. The number of pyridine rings is 1. The third-order valence-corrected chi connectivity index (χ3v) is 5.81. The standard InChI is InChI=1S/C14H22FN3O2S/c1-3-21(19,20)18-6-4-14(5-7-18)17-11(2)12-8-13(15)10-16-9-12/h8-11,14,17H,3-7H2,1-2H3. The summed E-state index contributed by atoms with van der Waals surface area (Å²) >= 11 is 0. The molecule has 0 aliphatic carbocycles. The monoisotopic (exact) mass is 315 g/mol. The van der Waals surface area contributed by atoms with Crippen LogP contribution in [0.2, 0.25) is 0 Å². The van der Waals surface area contributed by atoms with Crippen LogP contribution in [0.4, 0.5) is 4.39 Å². The number of rotatable bonds is 5. The van der Waals surface area contributed by atoms with E-state index in [2.05, 4.69) is 10.3 Å². The number of nitrogens with zero attached hydrogens (tertiary/aromatic N) is 2. The molecule has 1 atom stereocenters. The minimum atomic E-state index is -3.08. The van der Waals surface area contributed by atoms with E-state index < -0.39 is 10.0 Å². The molecule has 0 saturated carbocycles. The first-order chi connectivity index (χ1) is 9.92. The molecule has 1 N–H and O–H groups in total. The van der Waals surface area contributed by atoms with Crippen LogP contribution in [0.25, 0.3) is 0 Å². The first-order valence-electron chi connectivity index (χ1n) is 7.26. The summed E-state index contributed by atoms with van der Waals surface area (Å²) in [6.45, 7) is 4.72. The van der Waals surface area contributed by atoms with Crippen molar-refractivity contribution in [1.29, 1.82) is 0 Å². The topological polar surface area (TPSA) is 62.3 Å². The largest absolute Gasteiger partial charge is 0.307 e. The zero-order valence-corrected chi connectivity index (χ0v) is 13.2. The molecule has 0 aromatic carbocycles. The molecule has 1 aliphatic rings. The second-order valence-corrected chi connectivity index (χ2v) is 7.66. The van der Waals surface area contributed by atoms with Crippen LogP contribution in [0.15, 0.2) is 18.5 Å². The lowest BCUT2D eigenvalue weighted by molar-refractivity contribution is 0.277. The fourth-order valence-electron chi connectivity index (χ4n) is 2.60. The van der Waals surface area contributed by atoms with Crippen molar-refractivity contribution in [3.8, 4) is 0 Å². The van der Waals surface area contributed by atoms with E-state index in [-0.39, 0.29) is 23.7 Å². The van der Waals surface area contributed by atoms with Gasteiger partial charge in [-0.2, -0.15) is 0 Å². The van der Waals surface area contributed by atoms with Crippen LogP contribution in [0.5, 0.6) is 0 Å². The van der Waals surface area contributed by atoms with Gasteiger partial charge in [0.2, 0.25) is 10.0 Å². The Hall–Kier alpha value is -1.05. The van der Waals surface area contributed by atoms with Crippen LogP contribution < -0.4 is 5.32 Å². The molecule has 0 amide bonds. The van der Waals surface area contributed by atoms with Gasteiger partial charge < -0.3 is 5.32 Å². The summed E-state index contributed by atoms with van der Waals surface area (Å²) < 4.78 is 38.3. The number of aromatic nitrogens is 1. The fraction of sp³-hybridized carbons (Fsp3) is 0.643. The molecule has 1 unspecified atom stereocenters. The highest BCUT2D eigenvalue weighted by molar-refractivity contribution is 7.89. The first kappa shape index (κ1) is 16.3. The Bertz CT molecular complexity index is 571. The molecule has 1 saturated heterocycles. The summed E-state index contributed by atoms with van der Waals surface area (Å²) in [5.74, 6) is -0.193. The second-order valence-electron chi connectivity index (χ2n) is 5.40. The van der Waals surface area contributed by atoms with Crippen molar-refractivity contribution >= 4 is 10.0 Å². The average molecular weight is 315 g/mol. The molecule has 0 spiro atoms. The van der Waals surface area contributed by atoms with Gasteiger partial charge in [-0.15, -0.1) is 0 Å². The number of hydrogen-bond acceptors (Lipinski definition) is 4. The van der Waals surface area contributed by atoms with Gasteiger partial charge in [0.1, 0.15) is 5.82 Å². The summed E-state index contributed by atoms with van der Waals surface area (Å²) in [6, 6.07) is 1.71. The van der Waals surface area contributed by atoms with Crippen molar-refractivity contribution in [2.24, 2.45) is 0 Å². The zero-order chi connectivity index (χ0) is 15.5. The van der Waals surface area contributed by atoms with Crippen LogP contribution in [0, 0.1) is 5.82 Å². The van der Waals surface area contributed by atoms with Crippen LogP contribution in [-0.4, -0.2) is 42.6 Å². The van der Waals surface area contributed by atoms with Crippen molar-refractivity contribution in [1.82, 2.24) is 14.6 Å². The van der Waals surface area contributed by atoms with Gasteiger partial charge in [-0.25, -0.2) is 17.1 Å². The van der Waals surface area contributed by atoms with Gasteiger partial charge in [0.15, 0.2) is 0 Å². The minimum absolute atomic E-state index is 0.00691. The van der Waals surface area contributed by atoms with Gasteiger partial charge in [0.25, 0.3) is 0 Å². The smallest absolute Gasteiger partial charge is 0.213 e. The zero-order valence-electron chi connectivity index (χ0n) is 12.4. The van der Waals surface area contributed by atoms with E-state index in [0.29, 0.717) is 13.1 Å². The van der Waals surface area contributed by atoms with E-state index in [9.17, 15) is 12.8 Å². The van der Waals surface area contributed by atoms with Gasteiger partial charge in [-0.1, -0.05) is 0 Å². The van der Waals surface area contributed by atoms with E-state index in [1.807, 2.05) is 6.92 Å². The van der Waals surface area contributed by atoms with Crippen molar-refractivity contribution in [2.75, 3.05) is 18.8 Å². The van der Waals surface area contributed by atoms with E-state index in [0.717, 1.165) is 18.4 Å². The molecule has 1 aromatic heterocycles. The maximum Gasteiger partial charge on any atom is 0.213 e. The summed E-state index contributed by atoms with van der Waals surface area (Å²) in [4.78, 5) is 3.85. The second kappa shape index (κ2) is 6.81. The normalized spacial score (nSPS) is 19.6. The molecule has 0 bridgehead atoms. The van der Waals surface area contributed by atoms with E-state index in [1.54, 1.807) is 17.4 Å². The van der Waals surface area contributed by atoms with Gasteiger partial charge in [-0.05, 0) is 38.3 Å². The van der Waals surface area contributed by atoms with Gasteiger partial charge in [0.05, 0.1) is 11.9 Å². The lowest BCUT2D eigenvalue weighted by Crippen LogP contribution is -2.45. The molecular formula is C14H22FN3O2S. The predicted octanol–water partition coefficient (Wildman–Crippen LogP) is 1.69. The van der Waals surface area contributed by atoms with Crippen LogP contribution in [0.1, 0.15) is 38.3 Å². The molecule has 5 nitrogen and oxygen atoms in total. The molecule has 2 rings (SSSR count). The molecule has 118 valence electrons. The average Bonchev–Trinajstić information content (AvgIpc) is 2.48. The Labute approximate surface area is 125 Å². The predicted molar refractivity (Wildman–Crippen MR) is 79.8 cm³/mol. The maximum atomic E-state index is 13.2. The van der Waals surface area contributed by atoms with Crippen molar-refractivity contribution in [2.45, 2.75) is 38.8 Å². The number of hydrogen-bond donors (Lipinski definition) is 1. The lowest BCUT2D eigenvalue weighted by Gasteiger charge is -2.33. The SMILES string of the molecule is CCS(=O)(=O)N1CCC(NC(C)c2cncc(F)c2)CC1. The molecule has 1 aromatic rings. The Morgan fingerprint density at radius 3 is 2.67 bits per heavy atom. The van der Waals surface area contributed by atoms with Gasteiger partial charge in [0, 0.05) is 31.4 Å². The van der Waals surface area contributed by atoms with Gasteiger partial charge >= 0.3 is 0 Å². The summed E-state index contributed by atoms with van der Waals surface area (Å²) in [5, 5.41) is 3.42. The Morgan fingerprint density at radius 1 is 1.43 bits per heavy atom. The highest BCUT2D eigenvalue weighted by atomic mass is 32.2. The Morgan fingerprint density at radius 2 is 2.10 bits per heavy atom. The number of piperidine rings is 1. The fourth-order valence-corrected chi connectivity index (χ4v) is 3.73. The van der Waals surface area contributed by atoms with Crippen LogP contribution in [-0.2, 0) is 10.0 Å². The number of nitrogens with one attached hydrogen (secondary N) is 1. The number of halogens is 1. The third-order valence-electron chi connectivity index (χ3n) is 3.92. The summed E-state index contributed by atoms with van der Waals surface area (Å²) in [6.07, 6.45) is 4.38. The summed E-state index contributed by atoms with van der Waals surface area (Å²) in [5.41, 5.74) is 0.804. The first-order valence-corrected chi connectivity index (χ1v) is 8.87. The van der Waals surface area contributed by atoms with E-state index in [4.69, 9.17) is 0 Å². The molecule has 1 aliphatic heterocycles. The van der Waals surface area contributed by atoms with E-state index in [1.165, 1.54) is 12.3 Å².